The van der Waals surface area contributed by atoms with Gasteiger partial charge >= 0.3 is 0 Å². The van der Waals surface area contributed by atoms with Crippen LogP contribution in [0.15, 0.2) is 24.3 Å². The minimum absolute atomic E-state index is 0.330. The fourth-order valence-electron chi connectivity index (χ4n) is 2.07. The Morgan fingerprint density at radius 3 is 3.12 bits per heavy atom. The molecule has 2 rings (SSSR count). The molecule has 1 aliphatic heterocycles. The van der Waals surface area contributed by atoms with Crippen LogP contribution in [0.25, 0.3) is 0 Å². The summed E-state index contributed by atoms with van der Waals surface area (Å²) in [5.74, 6) is 1.36. The van der Waals surface area contributed by atoms with E-state index in [1.54, 1.807) is 0 Å². The van der Waals surface area contributed by atoms with Gasteiger partial charge in [-0.3, -0.25) is 0 Å². The first-order valence-corrected chi connectivity index (χ1v) is 6.31. The SMILES string of the molecule is CNC(COc1cccc(Cl)c1)C1CCOC1. The molecule has 2 atom stereocenters. The number of ether oxygens (including phenoxy) is 2. The van der Waals surface area contributed by atoms with E-state index in [1.807, 2.05) is 31.3 Å². The molecule has 1 aliphatic rings. The van der Waals surface area contributed by atoms with Crippen molar-refractivity contribution in [3.63, 3.8) is 0 Å². The van der Waals surface area contributed by atoms with E-state index in [4.69, 9.17) is 21.1 Å². The van der Waals surface area contributed by atoms with Crippen LogP contribution in [0.4, 0.5) is 0 Å². The summed E-state index contributed by atoms with van der Waals surface area (Å²) in [7, 11) is 1.96. The van der Waals surface area contributed by atoms with Crippen molar-refractivity contribution in [2.75, 3.05) is 26.9 Å². The molecule has 17 heavy (non-hydrogen) atoms. The minimum Gasteiger partial charge on any atom is -0.492 e. The van der Waals surface area contributed by atoms with Gasteiger partial charge in [-0.05, 0) is 31.7 Å². The first-order valence-electron chi connectivity index (χ1n) is 5.93. The number of nitrogens with one attached hydrogen (secondary N) is 1. The van der Waals surface area contributed by atoms with E-state index in [2.05, 4.69) is 5.32 Å². The van der Waals surface area contributed by atoms with Gasteiger partial charge in [0.25, 0.3) is 0 Å². The molecule has 3 nitrogen and oxygen atoms in total. The largest absolute Gasteiger partial charge is 0.492 e. The van der Waals surface area contributed by atoms with Gasteiger partial charge in [0.15, 0.2) is 0 Å². The zero-order valence-electron chi connectivity index (χ0n) is 9.99. The van der Waals surface area contributed by atoms with Crippen LogP contribution >= 0.6 is 11.6 Å². The third kappa shape index (κ3) is 3.60. The number of halogens is 1. The van der Waals surface area contributed by atoms with E-state index in [9.17, 15) is 0 Å². The highest BCUT2D eigenvalue weighted by molar-refractivity contribution is 6.30. The van der Waals surface area contributed by atoms with E-state index >= 15 is 0 Å². The molecule has 1 aromatic carbocycles. The van der Waals surface area contributed by atoms with Crippen LogP contribution in [0.5, 0.6) is 5.75 Å². The van der Waals surface area contributed by atoms with Crippen LogP contribution in [0.2, 0.25) is 5.02 Å². The first-order chi connectivity index (χ1) is 8.29. The fourth-order valence-corrected chi connectivity index (χ4v) is 2.25. The van der Waals surface area contributed by atoms with Crippen molar-refractivity contribution in [1.82, 2.24) is 5.32 Å². The normalized spacial score (nSPS) is 21.4. The summed E-state index contributed by atoms with van der Waals surface area (Å²) in [6.07, 6.45) is 1.10. The second kappa shape index (κ2) is 6.24. The molecule has 1 saturated heterocycles. The Labute approximate surface area is 107 Å². The molecule has 94 valence electrons. The molecule has 0 amide bonds. The van der Waals surface area contributed by atoms with Crippen molar-refractivity contribution in [3.8, 4) is 5.75 Å². The third-order valence-corrected chi connectivity index (χ3v) is 3.37. The molecule has 0 spiro atoms. The number of hydrogen-bond acceptors (Lipinski definition) is 3. The molecule has 4 heteroatoms. The molecule has 0 radical (unpaired) electrons. The van der Waals surface area contributed by atoms with E-state index in [1.165, 1.54) is 0 Å². The van der Waals surface area contributed by atoms with E-state index in [0.29, 0.717) is 23.6 Å². The molecule has 0 bridgehead atoms. The molecule has 0 aromatic heterocycles. The smallest absolute Gasteiger partial charge is 0.120 e. The Morgan fingerprint density at radius 2 is 2.47 bits per heavy atom. The van der Waals surface area contributed by atoms with E-state index in [0.717, 1.165) is 25.4 Å². The maximum Gasteiger partial charge on any atom is 0.120 e. The zero-order valence-corrected chi connectivity index (χ0v) is 10.7. The summed E-state index contributed by atoms with van der Waals surface area (Å²) in [5.41, 5.74) is 0. The zero-order chi connectivity index (χ0) is 12.1. The lowest BCUT2D eigenvalue weighted by atomic mass is 10.00. The summed E-state index contributed by atoms with van der Waals surface area (Å²) >= 11 is 5.91. The van der Waals surface area contributed by atoms with E-state index < -0.39 is 0 Å². The Balaban J connectivity index is 1.87. The highest BCUT2D eigenvalue weighted by atomic mass is 35.5. The minimum atomic E-state index is 0.330. The molecule has 0 aliphatic carbocycles. The van der Waals surface area contributed by atoms with Gasteiger partial charge in [-0.1, -0.05) is 17.7 Å². The standard InChI is InChI=1S/C13H18ClNO2/c1-15-13(10-5-6-16-8-10)9-17-12-4-2-3-11(14)7-12/h2-4,7,10,13,15H,5-6,8-9H2,1H3. The molecular formula is C13H18ClNO2. The van der Waals surface area contributed by atoms with Gasteiger partial charge in [-0.15, -0.1) is 0 Å². The molecule has 1 fully saturated rings. The summed E-state index contributed by atoms with van der Waals surface area (Å²) in [6, 6.07) is 7.82. The van der Waals surface area contributed by atoms with Crippen molar-refractivity contribution in [3.05, 3.63) is 29.3 Å². The van der Waals surface area contributed by atoms with Gasteiger partial charge in [0.1, 0.15) is 12.4 Å². The molecule has 1 N–H and O–H groups in total. The second-order valence-corrected chi connectivity index (χ2v) is 4.72. The molecule has 1 aromatic rings. The monoisotopic (exact) mass is 255 g/mol. The Morgan fingerprint density at radius 1 is 1.59 bits per heavy atom. The Hall–Kier alpha value is -0.770. The van der Waals surface area contributed by atoms with Crippen molar-refractivity contribution in [2.24, 2.45) is 5.92 Å². The summed E-state index contributed by atoms with van der Waals surface area (Å²) in [6.45, 7) is 2.33. The highest BCUT2D eigenvalue weighted by Crippen LogP contribution is 2.20. The number of hydrogen-bond donors (Lipinski definition) is 1. The summed E-state index contributed by atoms with van der Waals surface area (Å²) < 4.78 is 11.1. The van der Waals surface area contributed by atoms with Crippen LogP contribution < -0.4 is 10.1 Å². The third-order valence-electron chi connectivity index (χ3n) is 3.13. The predicted octanol–water partition coefficient (Wildman–Crippen LogP) is 2.34. The van der Waals surface area contributed by atoms with Gasteiger partial charge in [0, 0.05) is 23.6 Å². The van der Waals surface area contributed by atoms with Crippen molar-refractivity contribution < 1.29 is 9.47 Å². The molecule has 0 saturated carbocycles. The topological polar surface area (TPSA) is 30.5 Å². The lowest BCUT2D eigenvalue weighted by Gasteiger charge is -2.22. The highest BCUT2D eigenvalue weighted by Gasteiger charge is 2.24. The molecule has 2 unspecified atom stereocenters. The maximum atomic E-state index is 5.91. The predicted molar refractivity (Wildman–Crippen MR) is 68.7 cm³/mol. The van der Waals surface area contributed by atoms with Crippen LogP contribution in [-0.4, -0.2) is 32.9 Å². The lowest BCUT2D eigenvalue weighted by Crippen LogP contribution is -2.39. The van der Waals surface area contributed by atoms with Gasteiger partial charge in [0.05, 0.1) is 6.61 Å². The van der Waals surface area contributed by atoms with Gasteiger partial charge in [-0.25, -0.2) is 0 Å². The average molecular weight is 256 g/mol. The summed E-state index contributed by atoms with van der Waals surface area (Å²) in [5, 5.41) is 3.99. The fraction of sp³-hybridized carbons (Fsp3) is 0.538. The van der Waals surface area contributed by atoms with Crippen molar-refractivity contribution in [2.45, 2.75) is 12.5 Å². The van der Waals surface area contributed by atoms with Crippen molar-refractivity contribution >= 4 is 11.6 Å². The first kappa shape index (κ1) is 12.7. The van der Waals surface area contributed by atoms with Gasteiger partial charge in [0.2, 0.25) is 0 Å². The average Bonchev–Trinajstić information content (AvgIpc) is 2.84. The van der Waals surface area contributed by atoms with E-state index in [-0.39, 0.29) is 0 Å². The summed E-state index contributed by atoms with van der Waals surface area (Å²) in [4.78, 5) is 0. The lowest BCUT2D eigenvalue weighted by molar-refractivity contribution is 0.162. The van der Waals surface area contributed by atoms with Crippen LogP contribution in [0.1, 0.15) is 6.42 Å². The number of rotatable bonds is 5. The number of likely N-dealkylation sites (N-methyl/N-ethyl adjacent to an activating group) is 1. The van der Waals surface area contributed by atoms with Gasteiger partial charge < -0.3 is 14.8 Å². The second-order valence-electron chi connectivity index (χ2n) is 4.29. The van der Waals surface area contributed by atoms with Crippen LogP contribution in [0, 0.1) is 5.92 Å². The Bertz CT molecular complexity index is 353. The Kier molecular flexibility index (Phi) is 4.66. The van der Waals surface area contributed by atoms with Crippen LogP contribution in [0.3, 0.4) is 0 Å². The maximum absolute atomic E-state index is 5.91. The van der Waals surface area contributed by atoms with Gasteiger partial charge in [-0.2, -0.15) is 0 Å². The number of benzene rings is 1. The van der Waals surface area contributed by atoms with Crippen LogP contribution in [-0.2, 0) is 4.74 Å². The van der Waals surface area contributed by atoms with Crippen molar-refractivity contribution in [1.29, 1.82) is 0 Å². The molecular weight excluding hydrogens is 238 g/mol. The molecule has 1 heterocycles. The quantitative estimate of drug-likeness (QED) is 0.876.